The van der Waals surface area contributed by atoms with Crippen molar-refractivity contribution in [2.24, 2.45) is 5.41 Å². The number of hydrogen-bond acceptors (Lipinski definition) is 5. The van der Waals surface area contributed by atoms with Gasteiger partial charge in [-0.15, -0.1) is 0 Å². The van der Waals surface area contributed by atoms with Crippen LogP contribution in [0, 0.1) is 5.41 Å². The van der Waals surface area contributed by atoms with Crippen molar-refractivity contribution < 1.29 is 13.5 Å². The van der Waals surface area contributed by atoms with Crippen molar-refractivity contribution in [2.45, 2.75) is 18.7 Å². The van der Waals surface area contributed by atoms with Gasteiger partial charge in [0.15, 0.2) is 0 Å². The fourth-order valence-corrected chi connectivity index (χ4v) is 2.12. The van der Waals surface area contributed by atoms with Crippen molar-refractivity contribution in [1.82, 2.24) is 4.72 Å². The second-order valence-corrected chi connectivity index (χ2v) is 7.02. The lowest BCUT2D eigenvalue weighted by Crippen LogP contribution is -2.27. The molecule has 0 aliphatic rings. The number of benzene rings is 1. The molecule has 0 heterocycles. The Balaban J connectivity index is 2.99. The predicted octanol–water partition coefficient (Wildman–Crippen LogP) is 0.607. The summed E-state index contributed by atoms with van der Waals surface area (Å²) in [6.07, 6.45) is 0. The summed E-state index contributed by atoms with van der Waals surface area (Å²) in [4.78, 5) is 0.147. The van der Waals surface area contributed by atoms with E-state index in [1.165, 1.54) is 19.2 Å². The van der Waals surface area contributed by atoms with Crippen molar-refractivity contribution in [3.63, 3.8) is 0 Å². The number of nitrogen functional groups attached to an aromatic ring is 1. The molecule has 0 fully saturated rings. The molecule has 0 saturated heterocycles. The number of rotatable bonds is 6. The molecular formula is C12H21N3O3S. The van der Waals surface area contributed by atoms with Gasteiger partial charge >= 0.3 is 0 Å². The molecule has 0 bridgehead atoms. The van der Waals surface area contributed by atoms with E-state index in [1.54, 1.807) is 6.07 Å². The first-order valence-electron chi connectivity index (χ1n) is 5.90. The van der Waals surface area contributed by atoms with E-state index in [-0.39, 0.29) is 16.9 Å². The zero-order valence-electron chi connectivity index (χ0n) is 11.4. The molecule has 1 rings (SSSR count). The van der Waals surface area contributed by atoms with Crippen LogP contribution in [0.1, 0.15) is 13.8 Å². The molecule has 6 nitrogen and oxygen atoms in total. The van der Waals surface area contributed by atoms with Crippen LogP contribution in [-0.2, 0) is 10.0 Å². The number of sulfonamides is 1. The molecule has 0 saturated carbocycles. The fourth-order valence-electron chi connectivity index (χ4n) is 1.36. The first kappa shape index (κ1) is 15.7. The summed E-state index contributed by atoms with van der Waals surface area (Å²) in [5.41, 5.74) is 6.49. The second-order valence-electron chi connectivity index (χ2n) is 5.13. The molecule has 1 aromatic rings. The maximum Gasteiger partial charge on any atom is 0.240 e. The van der Waals surface area contributed by atoms with E-state index in [2.05, 4.69) is 10.0 Å². The summed E-state index contributed by atoms with van der Waals surface area (Å²) in [6.45, 7) is 4.29. The maximum absolute atomic E-state index is 11.7. The summed E-state index contributed by atoms with van der Waals surface area (Å²) >= 11 is 0. The highest BCUT2D eigenvalue weighted by molar-refractivity contribution is 7.89. The molecule has 0 spiro atoms. The highest BCUT2D eigenvalue weighted by atomic mass is 32.2. The van der Waals surface area contributed by atoms with Crippen LogP contribution in [0.3, 0.4) is 0 Å². The lowest BCUT2D eigenvalue weighted by molar-refractivity contribution is 0.171. The second kappa shape index (κ2) is 5.77. The Labute approximate surface area is 114 Å². The lowest BCUT2D eigenvalue weighted by atomic mass is 9.95. The van der Waals surface area contributed by atoms with Gasteiger partial charge in [-0.2, -0.15) is 0 Å². The average molecular weight is 287 g/mol. The molecule has 0 aliphatic carbocycles. The molecular weight excluding hydrogens is 266 g/mol. The monoisotopic (exact) mass is 287 g/mol. The Hall–Kier alpha value is -1.31. The van der Waals surface area contributed by atoms with Crippen molar-refractivity contribution in [1.29, 1.82) is 0 Å². The van der Waals surface area contributed by atoms with Crippen LogP contribution < -0.4 is 15.8 Å². The Kier molecular flexibility index (Phi) is 4.78. The van der Waals surface area contributed by atoms with Crippen LogP contribution >= 0.6 is 0 Å². The average Bonchev–Trinajstić information content (AvgIpc) is 2.37. The Bertz CT molecular complexity index is 541. The minimum Gasteiger partial charge on any atom is -0.397 e. The van der Waals surface area contributed by atoms with E-state index in [9.17, 15) is 13.5 Å². The molecule has 0 atom stereocenters. The zero-order valence-corrected chi connectivity index (χ0v) is 12.2. The Morgan fingerprint density at radius 1 is 1.37 bits per heavy atom. The topological polar surface area (TPSA) is 104 Å². The molecule has 108 valence electrons. The van der Waals surface area contributed by atoms with Gasteiger partial charge in [0.1, 0.15) is 0 Å². The SMILES string of the molecule is CNS(=O)(=O)c1ccc(N)c(NCC(C)(C)CO)c1. The van der Waals surface area contributed by atoms with Gasteiger partial charge in [-0.1, -0.05) is 13.8 Å². The number of hydrogen-bond donors (Lipinski definition) is 4. The quantitative estimate of drug-likeness (QED) is 0.574. The van der Waals surface area contributed by atoms with Gasteiger partial charge in [0, 0.05) is 18.6 Å². The Morgan fingerprint density at radius 3 is 2.53 bits per heavy atom. The van der Waals surface area contributed by atoms with Crippen molar-refractivity contribution in [3.05, 3.63) is 18.2 Å². The number of aliphatic hydroxyl groups is 1. The van der Waals surface area contributed by atoms with Crippen LogP contribution in [0.5, 0.6) is 0 Å². The molecule has 0 radical (unpaired) electrons. The number of aliphatic hydroxyl groups excluding tert-OH is 1. The van der Waals surface area contributed by atoms with E-state index in [4.69, 9.17) is 5.73 Å². The van der Waals surface area contributed by atoms with Gasteiger partial charge < -0.3 is 16.2 Å². The molecule has 0 aliphatic heterocycles. The van der Waals surface area contributed by atoms with Gasteiger partial charge in [0.05, 0.1) is 16.3 Å². The molecule has 1 aromatic carbocycles. The van der Waals surface area contributed by atoms with Gasteiger partial charge in [-0.05, 0) is 25.2 Å². The van der Waals surface area contributed by atoms with E-state index in [1.807, 2.05) is 13.8 Å². The summed E-state index contributed by atoms with van der Waals surface area (Å²) in [5, 5.41) is 12.2. The fraction of sp³-hybridized carbons (Fsp3) is 0.500. The highest BCUT2D eigenvalue weighted by Gasteiger charge is 2.18. The molecule has 7 heteroatoms. The minimum absolute atomic E-state index is 0.0222. The van der Waals surface area contributed by atoms with Crippen molar-refractivity contribution in [3.8, 4) is 0 Å². The zero-order chi connectivity index (χ0) is 14.7. The normalized spacial score (nSPS) is 12.4. The van der Waals surface area contributed by atoms with E-state index in [0.29, 0.717) is 17.9 Å². The number of nitrogens with two attached hydrogens (primary N) is 1. The third kappa shape index (κ3) is 4.09. The van der Waals surface area contributed by atoms with Crippen LogP contribution in [0.4, 0.5) is 11.4 Å². The molecule has 0 unspecified atom stereocenters. The van der Waals surface area contributed by atoms with E-state index in [0.717, 1.165) is 0 Å². The van der Waals surface area contributed by atoms with Crippen molar-refractivity contribution in [2.75, 3.05) is 31.2 Å². The van der Waals surface area contributed by atoms with E-state index >= 15 is 0 Å². The molecule has 5 N–H and O–H groups in total. The van der Waals surface area contributed by atoms with Gasteiger partial charge in [0.2, 0.25) is 10.0 Å². The third-order valence-electron chi connectivity index (χ3n) is 2.79. The van der Waals surface area contributed by atoms with Crippen LogP contribution in [0.2, 0.25) is 0 Å². The summed E-state index contributed by atoms with van der Waals surface area (Å²) in [7, 11) is -2.14. The largest absolute Gasteiger partial charge is 0.397 e. The predicted molar refractivity (Wildman–Crippen MR) is 76.5 cm³/mol. The summed E-state index contributed by atoms with van der Waals surface area (Å²) in [6, 6.07) is 4.47. The van der Waals surface area contributed by atoms with Crippen LogP contribution in [-0.4, -0.2) is 33.7 Å². The minimum atomic E-state index is -3.49. The smallest absolute Gasteiger partial charge is 0.240 e. The molecule has 19 heavy (non-hydrogen) atoms. The number of nitrogens with one attached hydrogen (secondary N) is 2. The molecule has 0 aromatic heterocycles. The highest BCUT2D eigenvalue weighted by Crippen LogP contribution is 2.24. The third-order valence-corrected chi connectivity index (χ3v) is 4.20. The van der Waals surface area contributed by atoms with Crippen LogP contribution in [0.25, 0.3) is 0 Å². The van der Waals surface area contributed by atoms with Crippen LogP contribution in [0.15, 0.2) is 23.1 Å². The standard InChI is InChI=1S/C12H21N3O3S/c1-12(2,8-16)7-15-11-6-9(4-5-10(11)13)19(17,18)14-3/h4-6,14-16H,7-8,13H2,1-3H3. The van der Waals surface area contributed by atoms with Crippen molar-refractivity contribution >= 4 is 21.4 Å². The summed E-state index contributed by atoms with van der Waals surface area (Å²) in [5.74, 6) is 0. The molecule has 0 amide bonds. The lowest BCUT2D eigenvalue weighted by Gasteiger charge is -2.23. The van der Waals surface area contributed by atoms with Gasteiger partial charge in [-0.3, -0.25) is 0 Å². The first-order chi connectivity index (χ1) is 8.72. The maximum atomic E-state index is 11.7. The van der Waals surface area contributed by atoms with E-state index < -0.39 is 10.0 Å². The summed E-state index contributed by atoms with van der Waals surface area (Å²) < 4.78 is 25.7. The van der Waals surface area contributed by atoms with Gasteiger partial charge in [-0.25, -0.2) is 13.1 Å². The Morgan fingerprint density at radius 2 is 2.00 bits per heavy atom. The van der Waals surface area contributed by atoms with Gasteiger partial charge in [0.25, 0.3) is 0 Å². The first-order valence-corrected chi connectivity index (χ1v) is 7.38. The number of anilines is 2.